The number of rotatable bonds is 5. The summed E-state index contributed by atoms with van der Waals surface area (Å²) >= 11 is 3.35. The lowest BCUT2D eigenvalue weighted by atomic mass is 10.0. The molecule has 0 bridgehead atoms. The molecule has 3 rings (SSSR count). The zero-order valence-corrected chi connectivity index (χ0v) is 14.3. The summed E-state index contributed by atoms with van der Waals surface area (Å²) in [5.74, 6) is 1.93. The van der Waals surface area contributed by atoms with E-state index in [1.54, 1.807) is 30.0 Å². The second-order valence-corrected chi connectivity index (χ2v) is 8.28. The summed E-state index contributed by atoms with van der Waals surface area (Å²) in [6, 6.07) is 0.361. The van der Waals surface area contributed by atoms with Crippen molar-refractivity contribution < 1.29 is 4.79 Å². The summed E-state index contributed by atoms with van der Waals surface area (Å²) in [4.78, 5) is 16.0. The van der Waals surface area contributed by atoms with Crippen molar-refractivity contribution in [1.29, 1.82) is 0 Å². The molecule has 21 heavy (non-hydrogen) atoms. The molecule has 1 aliphatic heterocycles. The Morgan fingerprint density at radius 1 is 1.43 bits per heavy atom. The van der Waals surface area contributed by atoms with E-state index in [1.807, 2.05) is 4.90 Å². The average molecular weight is 326 g/mol. The topological polar surface area (TPSA) is 49.3 Å². The molecule has 1 atom stereocenters. The van der Waals surface area contributed by atoms with Crippen molar-refractivity contribution in [2.24, 2.45) is 5.92 Å². The first-order valence-electron chi connectivity index (χ1n) is 7.58. The van der Waals surface area contributed by atoms with Crippen LogP contribution >= 0.6 is 23.1 Å². The van der Waals surface area contributed by atoms with Crippen LogP contribution < -0.4 is 4.90 Å². The molecule has 0 radical (unpaired) electrons. The Kier molecular flexibility index (Phi) is 4.81. The predicted molar refractivity (Wildman–Crippen MR) is 87.0 cm³/mol. The Balaban J connectivity index is 1.56. The number of carbonyl (C=O) groups excluding carboxylic acids is 1. The van der Waals surface area contributed by atoms with Crippen LogP contribution in [0, 0.1) is 5.92 Å². The van der Waals surface area contributed by atoms with Crippen LogP contribution in [0.1, 0.15) is 32.6 Å². The smallest absolute Gasteiger partial charge is 0.225 e. The number of nitrogens with zero attached hydrogens (tertiary/aromatic N) is 4. The maximum absolute atomic E-state index is 11.7. The highest BCUT2D eigenvalue weighted by molar-refractivity contribution is 8.01. The summed E-state index contributed by atoms with van der Waals surface area (Å²) in [5, 5.41) is 9.25. The molecule has 116 valence electrons. The molecule has 5 nitrogen and oxygen atoms in total. The van der Waals surface area contributed by atoms with Crippen LogP contribution in [0.25, 0.3) is 0 Å². The van der Waals surface area contributed by atoms with Gasteiger partial charge in [-0.2, -0.15) is 0 Å². The molecule has 1 aromatic rings. The van der Waals surface area contributed by atoms with E-state index in [4.69, 9.17) is 0 Å². The van der Waals surface area contributed by atoms with Crippen molar-refractivity contribution >= 4 is 34.1 Å². The maximum atomic E-state index is 11.7. The van der Waals surface area contributed by atoms with Crippen molar-refractivity contribution in [3.05, 3.63) is 0 Å². The Labute approximate surface area is 134 Å². The maximum Gasteiger partial charge on any atom is 0.225 e. The molecular weight excluding hydrogens is 304 g/mol. The number of likely N-dealkylation sites (tertiary alicyclic amines) is 1. The van der Waals surface area contributed by atoms with E-state index in [-0.39, 0.29) is 5.91 Å². The normalized spacial score (nSPS) is 23.2. The van der Waals surface area contributed by atoms with Crippen molar-refractivity contribution in [2.75, 3.05) is 30.8 Å². The first-order valence-corrected chi connectivity index (χ1v) is 9.38. The van der Waals surface area contributed by atoms with Crippen LogP contribution in [0.15, 0.2) is 4.34 Å². The van der Waals surface area contributed by atoms with E-state index in [0.29, 0.717) is 6.04 Å². The van der Waals surface area contributed by atoms with E-state index >= 15 is 0 Å². The molecule has 1 saturated carbocycles. The van der Waals surface area contributed by atoms with Gasteiger partial charge in [-0.15, -0.1) is 10.2 Å². The molecule has 2 fully saturated rings. The molecule has 0 unspecified atom stereocenters. The third-order valence-corrected chi connectivity index (χ3v) is 6.31. The lowest BCUT2D eigenvalue weighted by Crippen LogP contribution is -2.33. The Bertz CT molecular complexity index is 503. The van der Waals surface area contributed by atoms with Gasteiger partial charge in [0.1, 0.15) is 0 Å². The summed E-state index contributed by atoms with van der Waals surface area (Å²) in [6.07, 6.45) is 4.79. The molecular formula is C14H22N4OS2. The van der Waals surface area contributed by atoms with Gasteiger partial charge >= 0.3 is 0 Å². The van der Waals surface area contributed by atoms with Gasteiger partial charge in [0.15, 0.2) is 4.34 Å². The van der Waals surface area contributed by atoms with E-state index in [1.165, 1.54) is 25.9 Å². The lowest BCUT2D eigenvalue weighted by Gasteiger charge is -2.29. The fourth-order valence-corrected chi connectivity index (χ4v) is 4.95. The minimum Gasteiger partial charge on any atom is -0.306 e. The third-order valence-electron chi connectivity index (χ3n) is 4.02. The molecule has 0 aromatic carbocycles. The van der Waals surface area contributed by atoms with Gasteiger partial charge in [0, 0.05) is 25.3 Å². The van der Waals surface area contributed by atoms with Crippen molar-refractivity contribution in [3.8, 4) is 0 Å². The van der Waals surface area contributed by atoms with Crippen LogP contribution in [-0.2, 0) is 4.79 Å². The van der Waals surface area contributed by atoms with Crippen LogP contribution in [0.4, 0.5) is 5.13 Å². The van der Waals surface area contributed by atoms with Crippen LogP contribution in [0.2, 0.25) is 0 Å². The number of piperidine rings is 1. The van der Waals surface area contributed by atoms with Crippen LogP contribution in [0.3, 0.4) is 0 Å². The number of thioether (sulfide) groups is 1. The van der Waals surface area contributed by atoms with E-state index in [0.717, 1.165) is 34.0 Å². The van der Waals surface area contributed by atoms with Gasteiger partial charge in [-0.25, -0.2) is 0 Å². The second kappa shape index (κ2) is 6.62. The Morgan fingerprint density at radius 3 is 2.90 bits per heavy atom. The minimum atomic E-state index is 0.0825. The summed E-state index contributed by atoms with van der Waals surface area (Å²) in [6.45, 7) is 4.02. The summed E-state index contributed by atoms with van der Waals surface area (Å²) in [7, 11) is 2.19. The van der Waals surface area contributed by atoms with Gasteiger partial charge < -0.3 is 4.90 Å². The molecule has 0 spiro atoms. The zero-order chi connectivity index (χ0) is 14.8. The number of amides is 1. The molecule has 2 aliphatic rings. The largest absolute Gasteiger partial charge is 0.306 e. The number of hydrogen-bond acceptors (Lipinski definition) is 6. The SMILES string of the molecule is CC(=O)N(c1nnc(SC[C@@H]2CCCN(C)C2)s1)C1CC1. The summed E-state index contributed by atoms with van der Waals surface area (Å²) in [5.41, 5.74) is 0. The van der Waals surface area contributed by atoms with E-state index in [2.05, 4.69) is 22.1 Å². The highest BCUT2D eigenvalue weighted by Crippen LogP contribution is 2.36. The first-order chi connectivity index (χ1) is 10.1. The van der Waals surface area contributed by atoms with Crippen molar-refractivity contribution in [1.82, 2.24) is 15.1 Å². The lowest BCUT2D eigenvalue weighted by molar-refractivity contribution is -0.116. The first kappa shape index (κ1) is 15.2. The molecule has 1 amide bonds. The summed E-state index contributed by atoms with van der Waals surface area (Å²) < 4.78 is 0.991. The number of anilines is 1. The fraction of sp³-hybridized carbons (Fsp3) is 0.786. The minimum absolute atomic E-state index is 0.0825. The molecule has 2 heterocycles. The standard InChI is InChI=1S/C14H22N4OS2/c1-10(19)18(12-5-6-12)13-15-16-14(21-13)20-9-11-4-3-7-17(2)8-11/h11-12H,3-9H2,1-2H3/t11-/m1/s1. The highest BCUT2D eigenvalue weighted by Gasteiger charge is 2.34. The second-order valence-electron chi connectivity index (χ2n) is 6.05. The van der Waals surface area contributed by atoms with E-state index < -0.39 is 0 Å². The molecule has 1 saturated heterocycles. The number of carbonyl (C=O) groups is 1. The molecule has 1 aromatic heterocycles. The molecule has 0 N–H and O–H groups in total. The monoisotopic (exact) mass is 326 g/mol. The van der Waals surface area contributed by atoms with E-state index in [9.17, 15) is 4.79 Å². The van der Waals surface area contributed by atoms with Gasteiger partial charge in [-0.3, -0.25) is 9.69 Å². The van der Waals surface area contributed by atoms with Crippen molar-refractivity contribution in [2.45, 2.75) is 43.0 Å². The van der Waals surface area contributed by atoms with Gasteiger partial charge in [-0.1, -0.05) is 23.1 Å². The van der Waals surface area contributed by atoms with Gasteiger partial charge in [-0.05, 0) is 45.2 Å². The van der Waals surface area contributed by atoms with Crippen LogP contribution in [0.5, 0.6) is 0 Å². The predicted octanol–water partition coefficient (Wildman–Crippen LogP) is 2.49. The number of aromatic nitrogens is 2. The Hall–Kier alpha value is -0.660. The van der Waals surface area contributed by atoms with Crippen molar-refractivity contribution in [3.63, 3.8) is 0 Å². The van der Waals surface area contributed by atoms with Crippen LogP contribution in [-0.4, -0.2) is 52.9 Å². The van der Waals surface area contributed by atoms with Gasteiger partial charge in [0.2, 0.25) is 11.0 Å². The quantitative estimate of drug-likeness (QED) is 0.614. The fourth-order valence-electron chi connectivity index (χ4n) is 2.84. The average Bonchev–Trinajstić information content (AvgIpc) is 3.15. The molecule has 1 aliphatic carbocycles. The highest BCUT2D eigenvalue weighted by atomic mass is 32.2. The van der Waals surface area contributed by atoms with Gasteiger partial charge in [0.05, 0.1) is 0 Å². The number of hydrogen-bond donors (Lipinski definition) is 0. The van der Waals surface area contributed by atoms with Gasteiger partial charge in [0.25, 0.3) is 0 Å². The molecule has 7 heteroatoms. The Morgan fingerprint density at radius 2 is 2.24 bits per heavy atom. The third kappa shape index (κ3) is 3.96. The zero-order valence-electron chi connectivity index (χ0n) is 12.6.